The minimum Gasteiger partial charge on any atom is -0.393 e. The largest absolute Gasteiger partial charge is 0.393 e. The van der Waals surface area contributed by atoms with E-state index in [0.717, 1.165) is 68.4 Å². The Kier molecular flexibility index (Phi) is 5.08. The molecule has 0 atom stereocenters. The van der Waals surface area contributed by atoms with Gasteiger partial charge in [-0.15, -0.1) is 0 Å². The number of nitrogens with one attached hydrogen (secondary N) is 1. The second kappa shape index (κ2) is 8.02. The van der Waals surface area contributed by atoms with Gasteiger partial charge in [0.2, 0.25) is 5.95 Å². The molecule has 3 aromatic rings. The van der Waals surface area contributed by atoms with Crippen molar-refractivity contribution in [3.63, 3.8) is 0 Å². The summed E-state index contributed by atoms with van der Waals surface area (Å²) in [6.07, 6.45) is 8.95. The Morgan fingerprint density at radius 1 is 0.967 bits per heavy atom. The normalized spacial score (nSPS) is 18.2. The lowest BCUT2D eigenvalue weighted by molar-refractivity contribution is 0.145. The SMILES string of the molecule is O=c1ncc2cnc(Nc3ccc(N4CCC(O)CC4)cc3)nc2n1C1CCCC1. The smallest absolute Gasteiger partial charge is 0.349 e. The first kappa shape index (κ1) is 19.0. The van der Waals surface area contributed by atoms with E-state index in [1.54, 1.807) is 17.0 Å². The van der Waals surface area contributed by atoms with E-state index >= 15 is 0 Å². The molecule has 3 heterocycles. The second-order valence-electron chi connectivity index (χ2n) is 8.21. The van der Waals surface area contributed by atoms with Gasteiger partial charge >= 0.3 is 5.69 Å². The van der Waals surface area contributed by atoms with Crippen molar-refractivity contribution in [2.45, 2.75) is 50.7 Å². The molecule has 8 heteroatoms. The summed E-state index contributed by atoms with van der Waals surface area (Å²) in [5.41, 5.74) is 2.44. The van der Waals surface area contributed by atoms with Gasteiger partial charge in [-0.3, -0.25) is 4.57 Å². The average Bonchev–Trinajstić information content (AvgIpc) is 3.29. The van der Waals surface area contributed by atoms with Crippen molar-refractivity contribution in [3.8, 4) is 0 Å². The van der Waals surface area contributed by atoms with Gasteiger partial charge in [0.25, 0.3) is 0 Å². The molecule has 30 heavy (non-hydrogen) atoms. The number of hydrogen-bond acceptors (Lipinski definition) is 7. The molecule has 1 saturated heterocycles. The van der Waals surface area contributed by atoms with Gasteiger partial charge in [-0.05, 0) is 49.9 Å². The van der Waals surface area contributed by atoms with Crippen LogP contribution in [0, 0.1) is 0 Å². The van der Waals surface area contributed by atoms with Crippen molar-refractivity contribution in [2.75, 3.05) is 23.3 Å². The number of anilines is 3. The molecule has 0 radical (unpaired) electrons. The minimum absolute atomic E-state index is 0.166. The Hall–Kier alpha value is -3.00. The maximum atomic E-state index is 12.4. The first-order chi connectivity index (χ1) is 14.7. The standard InChI is InChI=1S/C22H26N6O2/c29-19-9-11-27(12-10-19)17-7-5-16(6-8-17)25-21-23-13-15-14-24-22(30)28(20(15)26-21)18-3-1-2-4-18/h5-8,13-14,18-19,29H,1-4,9-12H2,(H,23,25,26). The molecule has 156 valence electrons. The first-order valence-corrected chi connectivity index (χ1v) is 10.7. The van der Waals surface area contributed by atoms with E-state index in [1.165, 1.54) is 0 Å². The highest BCUT2D eigenvalue weighted by Gasteiger charge is 2.21. The summed E-state index contributed by atoms with van der Waals surface area (Å²) < 4.78 is 1.74. The molecule has 2 aliphatic rings. The predicted molar refractivity (Wildman–Crippen MR) is 116 cm³/mol. The molecule has 2 N–H and O–H groups in total. The monoisotopic (exact) mass is 406 g/mol. The Morgan fingerprint density at radius 3 is 2.40 bits per heavy atom. The molecule has 1 saturated carbocycles. The lowest BCUT2D eigenvalue weighted by atomic mass is 10.1. The summed E-state index contributed by atoms with van der Waals surface area (Å²) in [6, 6.07) is 8.31. The van der Waals surface area contributed by atoms with Gasteiger partial charge in [0.1, 0.15) is 0 Å². The van der Waals surface area contributed by atoms with Crippen LogP contribution in [0.5, 0.6) is 0 Å². The molecule has 1 aliphatic heterocycles. The molecule has 0 spiro atoms. The zero-order valence-corrected chi connectivity index (χ0v) is 16.9. The highest BCUT2D eigenvalue weighted by molar-refractivity contribution is 5.75. The van der Waals surface area contributed by atoms with Crippen LogP contribution in [-0.4, -0.2) is 43.8 Å². The molecule has 2 fully saturated rings. The quantitative estimate of drug-likeness (QED) is 0.687. The fourth-order valence-electron chi connectivity index (χ4n) is 4.50. The third-order valence-corrected chi connectivity index (χ3v) is 6.19. The molecule has 1 aliphatic carbocycles. The van der Waals surface area contributed by atoms with Gasteiger partial charge in [-0.2, -0.15) is 4.98 Å². The summed E-state index contributed by atoms with van der Waals surface area (Å²) in [7, 11) is 0. The van der Waals surface area contributed by atoms with Crippen molar-refractivity contribution in [1.29, 1.82) is 0 Å². The van der Waals surface area contributed by atoms with Crippen LogP contribution in [0.1, 0.15) is 44.6 Å². The maximum absolute atomic E-state index is 12.4. The van der Waals surface area contributed by atoms with Crippen LogP contribution in [0.2, 0.25) is 0 Å². The summed E-state index contributed by atoms with van der Waals surface area (Å²) in [5.74, 6) is 0.466. The summed E-state index contributed by atoms with van der Waals surface area (Å²) in [5, 5.41) is 13.7. The van der Waals surface area contributed by atoms with Crippen LogP contribution >= 0.6 is 0 Å². The Balaban J connectivity index is 1.39. The fourth-order valence-corrected chi connectivity index (χ4v) is 4.50. The van der Waals surface area contributed by atoms with Crippen LogP contribution in [0.15, 0.2) is 41.5 Å². The van der Waals surface area contributed by atoms with Gasteiger partial charge in [0.05, 0.1) is 11.5 Å². The molecular weight excluding hydrogens is 380 g/mol. The molecule has 2 aromatic heterocycles. The molecule has 1 aromatic carbocycles. The van der Waals surface area contributed by atoms with Gasteiger partial charge in [0.15, 0.2) is 5.65 Å². The molecule has 8 nitrogen and oxygen atoms in total. The van der Waals surface area contributed by atoms with E-state index in [0.29, 0.717) is 11.6 Å². The number of rotatable bonds is 4. The topological polar surface area (TPSA) is 96.2 Å². The first-order valence-electron chi connectivity index (χ1n) is 10.7. The van der Waals surface area contributed by atoms with E-state index in [1.807, 2.05) is 12.1 Å². The fraction of sp³-hybridized carbons (Fsp3) is 0.455. The van der Waals surface area contributed by atoms with E-state index in [-0.39, 0.29) is 17.8 Å². The number of fused-ring (bicyclic) bond motifs is 1. The number of hydrogen-bond donors (Lipinski definition) is 2. The van der Waals surface area contributed by atoms with Gasteiger partial charge in [-0.25, -0.2) is 14.8 Å². The molecule has 0 bridgehead atoms. The van der Waals surface area contributed by atoms with Crippen LogP contribution < -0.4 is 15.9 Å². The zero-order chi connectivity index (χ0) is 20.5. The molecule has 5 rings (SSSR count). The number of nitrogens with zero attached hydrogens (tertiary/aromatic N) is 5. The molecule has 0 unspecified atom stereocenters. The van der Waals surface area contributed by atoms with E-state index in [9.17, 15) is 9.90 Å². The number of piperidine rings is 1. The Labute approximate surface area is 174 Å². The average molecular weight is 406 g/mol. The van der Waals surface area contributed by atoms with E-state index in [2.05, 4.69) is 37.3 Å². The number of aliphatic hydroxyl groups excluding tert-OH is 1. The minimum atomic E-state index is -0.241. The maximum Gasteiger partial charge on any atom is 0.349 e. The Morgan fingerprint density at radius 2 is 1.67 bits per heavy atom. The highest BCUT2D eigenvalue weighted by Crippen LogP contribution is 2.30. The van der Waals surface area contributed by atoms with Gasteiger partial charge in [-0.1, -0.05) is 12.8 Å². The highest BCUT2D eigenvalue weighted by atomic mass is 16.3. The van der Waals surface area contributed by atoms with E-state index < -0.39 is 0 Å². The van der Waals surface area contributed by atoms with Crippen LogP contribution in [0.3, 0.4) is 0 Å². The third kappa shape index (κ3) is 3.75. The second-order valence-corrected chi connectivity index (χ2v) is 8.21. The number of aromatic nitrogens is 4. The predicted octanol–water partition coefficient (Wildman–Crippen LogP) is 3.01. The Bertz CT molecular complexity index is 1080. The lowest BCUT2D eigenvalue weighted by Gasteiger charge is -2.31. The van der Waals surface area contributed by atoms with Crippen molar-refractivity contribution in [2.24, 2.45) is 0 Å². The van der Waals surface area contributed by atoms with Crippen LogP contribution in [0.4, 0.5) is 17.3 Å². The lowest BCUT2D eigenvalue weighted by Crippen LogP contribution is -2.35. The van der Waals surface area contributed by atoms with Crippen molar-refractivity contribution >= 4 is 28.4 Å². The third-order valence-electron chi connectivity index (χ3n) is 6.19. The van der Waals surface area contributed by atoms with Crippen molar-refractivity contribution in [3.05, 3.63) is 47.1 Å². The zero-order valence-electron chi connectivity index (χ0n) is 16.9. The number of benzene rings is 1. The molecular formula is C22H26N6O2. The van der Waals surface area contributed by atoms with Gasteiger partial charge in [0, 0.05) is 42.9 Å². The van der Waals surface area contributed by atoms with Crippen LogP contribution in [-0.2, 0) is 0 Å². The summed E-state index contributed by atoms with van der Waals surface area (Å²) in [4.78, 5) is 27.8. The van der Waals surface area contributed by atoms with Gasteiger partial charge < -0.3 is 15.3 Å². The van der Waals surface area contributed by atoms with E-state index in [4.69, 9.17) is 0 Å². The van der Waals surface area contributed by atoms with Crippen molar-refractivity contribution < 1.29 is 5.11 Å². The number of aliphatic hydroxyl groups is 1. The summed E-state index contributed by atoms with van der Waals surface area (Å²) in [6.45, 7) is 1.74. The van der Waals surface area contributed by atoms with Crippen molar-refractivity contribution in [1.82, 2.24) is 19.5 Å². The molecule has 0 amide bonds. The summed E-state index contributed by atoms with van der Waals surface area (Å²) >= 11 is 0. The van der Waals surface area contributed by atoms with Crippen LogP contribution in [0.25, 0.3) is 11.0 Å².